The van der Waals surface area contributed by atoms with Crippen LogP contribution in [0.3, 0.4) is 0 Å². The van der Waals surface area contributed by atoms with Gasteiger partial charge in [0.15, 0.2) is 0 Å². The normalized spacial score (nSPS) is 15.5. The molecule has 2 aromatic carbocycles. The van der Waals surface area contributed by atoms with Gasteiger partial charge in [0.2, 0.25) is 0 Å². The number of aliphatic hydroxyl groups is 1. The topological polar surface area (TPSA) is 94.1 Å². The Hall–Kier alpha value is -2.93. The van der Waals surface area contributed by atoms with Crippen LogP contribution in [0, 0.1) is 0 Å². The van der Waals surface area contributed by atoms with Gasteiger partial charge in [-0.15, -0.1) is 0 Å². The van der Waals surface area contributed by atoms with Crippen LogP contribution in [0.25, 0.3) is 11.0 Å². The fourth-order valence-electron chi connectivity index (χ4n) is 3.07. The maximum Gasteiger partial charge on any atom is 0.255 e. The van der Waals surface area contributed by atoms with Crippen LogP contribution >= 0.6 is 0 Å². The van der Waals surface area contributed by atoms with Crippen molar-refractivity contribution in [2.24, 2.45) is 0 Å². The third-order valence-corrected chi connectivity index (χ3v) is 4.53. The van der Waals surface area contributed by atoms with Crippen LogP contribution in [0.1, 0.15) is 23.2 Å². The van der Waals surface area contributed by atoms with E-state index in [1.165, 1.54) is 0 Å². The number of nitrogens with one attached hydrogen (secondary N) is 2. The van der Waals surface area contributed by atoms with Crippen molar-refractivity contribution in [2.75, 3.05) is 23.3 Å². The summed E-state index contributed by atoms with van der Waals surface area (Å²) in [4.78, 5) is 14.6. The molecule has 1 saturated heterocycles. The highest BCUT2D eigenvalue weighted by molar-refractivity contribution is 6.05. The first-order valence-corrected chi connectivity index (χ1v) is 8.34. The van der Waals surface area contributed by atoms with E-state index in [2.05, 4.69) is 25.6 Å². The third-order valence-electron chi connectivity index (χ3n) is 4.53. The van der Waals surface area contributed by atoms with Crippen molar-refractivity contribution in [1.29, 1.82) is 0 Å². The Balaban J connectivity index is 1.44. The fourth-order valence-corrected chi connectivity index (χ4v) is 3.07. The predicted molar refractivity (Wildman–Crippen MR) is 95.7 cm³/mol. The summed E-state index contributed by atoms with van der Waals surface area (Å²) in [7, 11) is 0. The molecule has 1 aliphatic rings. The quantitative estimate of drug-likeness (QED) is 0.681. The van der Waals surface area contributed by atoms with Crippen LogP contribution in [0.15, 0.2) is 42.5 Å². The van der Waals surface area contributed by atoms with Gasteiger partial charge in [0.25, 0.3) is 5.91 Å². The SMILES string of the molecule is O=C(Nc1ccc2n[nH]nc2c1)c1ccc(N2CCC(O)CC2)cc1. The molecule has 3 aromatic rings. The molecule has 128 valence electrons. The maximum absolute atomic E-state index is 12.4. The van der Waals surface area contributed by atoms with E-state index in [1.807, 2.05) is 30.3 Å². The van der Waals surface area contributed by atoms with Gasteiger partial charge in [-0.3, -0.25) is 4.79 Å². The van der Waals surface area contributed by atoms with Crippen molar-refractivity contribution in [3.8, 4) is 0 Å². The summed E-state index contributed by atoms with van der Waals surface area (Å²) in [5.41, 5.74) is 3.82. The smallest absolute Gasteiger partial charge is 0.255 e. The second-order valence-electron chi connectivity index (χ2n) is 6.25. The number of hydrogen-bond donors (Lipinski definition) is 3. The minimum absolute atomic E-state index is 0.163. The molecule has 7 heteroatoms. The van der Waals surface area contributed by atoms with E-state index < -0.39 is 0 Å². The Kier molecular flexibility index (Phi) is 4.07. The van der Waals surface area contributed by atoms with E-state index in [0.717, 1.165) is 37.1 Å². The van der Waals surface area contributed by atoms with Crippen LogP contribution in [-0.2, 0) is 0 Å². The van der Waals surface area contributed by atoms with Crippen molar-refractivity contribution in [3.05, 3.63) is 48.0 Å². The molecule has 0 spiro atoms. The molecule has 1 aliphatic heterocycles. The summed E-state index contributed by atoms with van der Waals surface area (Å²) in [6.45, 7) is 1.68. The van der Waals surface area contributed by atoms with Crippen molar-refractivity contribution in [2.45, 2.75) is 18.9 Å². The second-order valence-corrected chi connectivity index (χ2v) is 6.25. The van der Waals surface area contributed by atoms with Crippen LogP contribution < -0.4 is 10.2 Å². The number of benzene rings is 2. The molecule has 3 N–H and O–H groups in total. The first-order chi connectivity index (χ1) is 12.2. The van der Waals surface area contributed by atoms with E-state index in [4.69, 9.17) is 0 Å². The second kappa shape index (κ2) is 6.52. The zero-order chi connectivity index (χ0) is 17.2. The fraction of sp³-hybridized carbons (Fsp3) is 0.278. The monoisotopic (exact) mass is 337 g/mol. The number of amides is 1. The molecular formula is C18H19N5O2. The number of H-pyrrole nitrogens is 1. The summed E-state index contributed by atoms with van der Waals surface area (Å²) in [5.74, 6) is -0.163. The average molecular weight is 337 g/mol. The Morgan fingerprint density at radius 2 is 1.80 bits per heavy atom. The number of piperidine rings is 1. The van der Waals surface area contributed by atoms with Gasteiger partial charge in [0, 0.05) is 30.0 Å². The Morgan fingerprint density at radius 3 is 2.56 bits per heavy atom. The molecular weight excluding hydrogens is 318 g/mol. The number of nitrogens with zero attached hydrogens (tertiary/aromatic N) is 3. The number of aromatic nitrogens is 3. The highest BCUT2D eigenvalue weighted by atomic mass is 16.3. The lowest BCUT2D eigenvalue weighted by Gasteiger charge is -2.31. The number of hydrogen-bond acceptors (Lipinski definition) is 5. The van der Waals surface area contributed by atoms with Gasteiger partial charge in [-0.2, -0.15) is 15.4 Å². The zero-order valence-electron chi connectivity index (χ0n) is 13.6. The van der Waals surface area contributed by atoms with Crippen LogP contribution in [0.4, 0.5) is 11.4 Å². The largest absolute Gasteiger partial charge is 0.393 e. The molecule has 1 fully saturated rings. The molecule has 0 radical (unpaired) electrons. The lowest BCUT2D eigenvalue weighted by atomic mass is 10.1. The van der Waals surface area contributed by atoms with Gasteiger partial charge >= 0.3 is 0 Å². The van der Waals surface area contributed by atoms with Gasteiger partial charge in [-0.05, 0) is 55.3 Å². The highest BCUT2D eigenvalue weighted by Gasteiger charge is 2.17. The average Bonchev–Trinajstić information content (AvgIpc) is 3.10. The van der Waals surface area contributed by atoms with Gasteiger partial charge in [-0.25, -0.2) is 0 Å². The summed E-state index contributed by atoms with van der Waals surface area (Å²) < 4.78 is 0. The lowest BCUT2D eigenvalue weighted by molar-refractivity contribution is 0.102. The molecule has 1 amide bonds. The van der Waals surface area contributed by atoms with Crippen LogP contribution in [-0.4, -0.2) is 45.6 Å². The number of anilines is 2. The Bertz CT molecular complexity index is 882. The molecule has 0 saturated carbocycles. The van der Waals surface area contributed by atoms with Gasteiger partial charge < -0.3 is 15.3 Å². The van der Waals surface area contributed by atoms with Crippen LogP contribution in [0.2, 0.25) is 0 Å². The lowest BCUT2D eigenvalue weighted by Crippen LogP contribution is -2.35. The van der Waals surface area contributed by atoms with Crippen molar-refractivity contribution in [3.63, 3.8) is 0 Å². The summed E-state index contributed by atoms with van der Waals surface area (Å²) >= 11 is 0. The summed E-state index contributed by atoms with van der Waals surface area (Å²) in [6, 6.07) is 12.9. The number of carbonyl (C=O) groups is 1. The van der Waals surface area contributed by atoms with Gasteiger partial charge in [-0.1, -0.05) is 0 Å². The molecule has 1 aromatic heterocycles. The molecule has 0 atom stereocenters. The van der Waals surface area contributed by atoms with E-state index in [1.54, 1.807) is 12.1 Å². The highest BCUT2D eigenvalue weighted by Crippen LogP contribution is 2.21. The van der Waals surface area contributed by atoms with Crippen molar-refractivity contribution >= 4 is 28.3 Å². The van der Waals surface area contributed by atoms with Gasteiger partial charge in [0.05, 0.1) is 6.10 Å². The minimum atomic E-state index is -0.191. The third kappa shape index (κ3) is 3.32. The number of aliphatic hydroxyl groups excluding tert-OH is 1. The standard InChI is InChI=1S/C18H19N5O2/c24-15-7-9-23(10-8-15)14-4-1-12(2-5-14)18(25)19-13-3-6-16-17(11-13)21-22-20-16/h1-6,11,15,24H,7-10H2,(H,19,25)(H,20,21,22). The van der Waals surface area contributed by atoms with E-state index in [0.29, 0.717) is 16.8 Å². The van der Waals surface area contributed by atoms with E-state index in [-0.39, 0.29) is 12.0 Å². The molecule has 2 heterocycles. The molecule has 4 rings (SSSR count). The molecule has 25 heavy (non-hydrogen) atoms. The minimum Gasteiger partial charge on any atom is -0.393 e. The molecule has 0 aliphatic carbocycles. The Morgan fingerprint density at radius 1 is 1.08 bits per heavy atom. The van der Waals surface area contributed by atoms with Crippen molar-refractivity contribution in [1.82, 2.24) is 15.4 Å². The number of fused-ring (bicyclic) bond motifs is 1. The molecule has 7 nitrogen and oxygen atoms in total. The summed E-state index contributed by atoms with van der Waals surface area (Å²) in [6.07, 6.45) is 1.38. The molecule has 0 bridgehead atoms. The first-order valence-electron chi connectivity index (χ1n) is 8.34. The first kappa shape index (κ1) is 15.6. The number of carbonyl (C=O) groups excluding carboxylic acids is 1. The molecule has 0 unspecified atom stereocenters. The van der Waals surface area contributed by atoms with E-state index >= 15 is 0 Å². The zero-order valence-corrected chi connectivity index (χ0v) is 13.6. The number of rotatable bonds is 3. The predicted octanol–water partition coefficient (Wildman–Crippen LogP) is 2.17. The maximum atomic E-state index is 12.4. The number of aromatic amines is 1. The van der Waals surface area contributed by atoms with Gasteiger partial charge in [0.1, 0.15) is 11.0 Å². The van der Waals surface area contributed by atoms with E-state index in [9.17, 15) is 9.90 Å². The summed E-state index contributed by atoms with van der Waals surface area (Å²) in [5, 5.41) is 23.0. The van der Waals surface area contributed by atoms with Crippen molar-refractivity contribution < 1.29 is 9.90 Å². The van der Waals surface area contributed by atoms with Crippen LogP contribution in [0.5, 0.6) is 0 Å². The Labute approximate surface area is 144 Å².